The maximum absolute atomic E-state index is 11.3. The molecule has 1 aliphatic heterocycles. The zero-order valence-corrected chi connectivity index (χ0v) is 11.4. The molecule has 1 unspecified atom stereocenters. The predicted octanol–water partition coefficient (Wildman–Crippen LogP) is 2.61. The third-order valence-electron chi connectivity index (χ3n) is 3.09. The molecule has 0 aliphatic carbocycles. The van der Waals surface area contributed by atoms with E-state index in [4.69, 9.17) is 0 Å². The van der Waals surface area contributed by atoms with Gasteiger partial charge in [0, 0.05) is 23.1 Å². The Balaban J connectivity index is 2.23. The number of carbonyl (C=O) groups excluding carboxylic acids is 1. The quantitative estimate of drug-likeness (QED) is 0.853. The number of nitrogens with zero attached hydrogens (tertiary/aromatic N) is 1. The minimum Gasteiger partial charge on any atom is -0.391 e. The maximum Gasteiger partial charge on any atom is 0.159 e. The fraction of sp³-hybridized carbons (Fsp3) is 0.462. The van der Waals surface area contributed by atoms with Crippen molar-refractivity contribution in [2.75, 3.05) is 18.0 Å². The summed E-state index contributed by atoms with van der Waals surface area (Å²) in [4.78, 5) is 13.4. The van der Waals surface area contributed by atoms with E-state index in [-0.39, 0.29) is 11.9 Å². The molecule has 1 aliphatic rings. The van der Waals surface area contributed by atoms with Crippen LogP contribution in [0.2, 0.25) is 0 Å². The number of Topliss-reactive ketones (excluding diaryl/α,β-unsaturated/α-hetero) is 1. The molecular weight excluding hydrogens is 282 g/mol. The molecule has 0 saturated carbocycles. The van der Waals surface area contributed by atoms with Gasteiger partial charge in [0.2, 0.25) is 0 Å². The van der Waals surface area contributed by atoms with Gasteiger partial charge in [-0.25, -0.2) is 0 Å². The SMILES string of the molecule is CC(=O)c1ccc(N2CCCC(O)C2)c(Br)c1. The van der Waals surface area contributed by atoms with E-state index in [1.807, 2.05) is 18.2 Å². The van der Waals surface area contributed by atoms with E-state index in [1.165, 1.54) is 0 Å². The number of rotatable bonds is 2. The zero-order valence-electron chi connectivity index (χ0n) is 9.82. The van der Waals surface area contributed by atoms with Crippen LogP contribution in [0.3, 0.4) is 0 Å². The van der Waals surface area contributed by atoms with Gasteiger partial charge in [-0.1, -0.05) is 0 Å². The number of hydrogen-bond donors (Lipinski definition) is 1. The first-order valence-corrected chi connectivity index (χ1v) is 6.60. The molecule has 0 radical (unpaired) electrons. The lowest BCUT2D eigenvalue weighted by Gasteiger charge is -2.32. The van der Waals surface area contributed by atoms with E-state index in [9.17, 15) is 9.90 Å². The van der Waals surface area contributed by atoms with Gasteiger partial charge in [0.15, 0.2) is 5.78 Å². The summed E-state index contributed by atoms with van der Waals surface area (Å²) in [5.41, 5.74) is 1.76. The Morgan fingerprint density at radius 2 is 2.29 bits per heavy atom. The number of piperidine rings is 1. The van der Waals surface area contributed by atoms with Crippen LogP contribution in [0.25, 0.3) is 0 Å². The molecule has 0 spiro atoms. The van der Waals surface area contributed by atoms with Crippen molar-refractivity contribution in [1.29, 1.82) is 0 Å². The first kappa shape index (κ1) is 12.6. The van der Waals surface area contributed by atoms with Crippen molar-refractivity contribution in [1.82, 2.24) is 0 Å². The van der Waals surface area contributed by atoms with Crippen LogP contribution in [0.5, 0.6) is 0 Å². The van der Waals surface area contributed by atoms with Crippen LogP contribution < -0.4 is 4.90 Å². The Bertz CT molecular complexity index is 433. The number of aliphatic hydroxyl groups is 1. The summed E-state index contributed by atoms with van der Waals surface area (Å²) in [5.74, 6) is 0.0657. The van der Waals surface area contributed by atoms with Crippen LogP contribution in [0.1, 0.15) is 30.1 Å². The Labute approximate surface area is 110 Å². The van der Waals surface area contributed by atoms with E-state index >= 15 is 0 Å². The second-order valence-corrected chi connectivity index (χ2v) is 5.32. The van der Waals surface area contributed by atoms with Crippen molar-refractivity contribution in [3.63, 3.8) is 0 Å². The Morgan fingerprint density at radius 1 is 1.53 bits per heavy atom. The van der Waals surface area contributed by atoms with Gasteiger partial charge in [0.05, 0.1) is 11.8 Å². The van der Waals surface area contributed by atoms with Gasteiger partial charge in [-0.3, -0.25) is 4.79 Å². The summed E-state index contributed by atoms with van der Waals surface area (Å²) >= 11 is 3.50. The van der Waals surface area contributed by atoms with Crippen LogP contribution in [-0.2, 0) is 0 Å². The van der Waals surface area contributed by atoms with Gasteiger partial charge in [0.1, 0.15) is 0 Å². The first-order valence-electron chi connectivity index (χ1n) is 5.81. The molecule has 3 nitrogen and oxygen atoms in total. The lowest BCUT2D eigenvalue weighted by atomic mass is 10.1. The number of benzene rings is 1. The molecule has 0 bridgehead atoms. The average molecular weight is 298 g/mol. The maximum atomic E-state index is 11.3. The van der Waals surface area contributed by atoms with Gasteiger partial charge >= 0.3 is 0 Å². The van der Waals surface area contributed by atoms with Gasteiger partial charge < -0.3 is 10.0 Å². The van der Waals surface area contributed by atoms with Crippen molar-refractivity contribution in [2.24, 2.45) is 0 Å². The number of aliphatic hydroxyl groups excluding tert-OH is 1. The van der Waals surface area contributed by atoms with Gasteiger partial charge in [-0.05, 0) is 53.9 Å². The molecule has 1 atom stereocenters. The minimum atomic E-state index is -0.247. The van der Waals surface area contributed by atoms with Crippen molar-refractivity contribution >= 4 is 27.4 Å². The number of halogens is 1. The summed E-state index contributed by atoms with van der Waals surface area (Å²) in [6.07, 6.45) is 1.63. The van der Waals surface area contributed by atoms with Crippen molar-refractivity contribution in [3.05, 3.63) is 28.2 Å². The molecule has 1 aromatic rings. The Kier molecular flexibility index (Phi) is 3.84. The third-order valence-corrected chi connectivity index (χ3v) is 3.73. The van der Waals surface area contributed by atoms with Crippen molar-refractivity contribution < 1.29 is 9.90 Å². The van der Waals surface area contributed by atoms with Crippen LogP contribution in [0, 0.1) is 0 Å². The first-order chi connectivity index (χ1) is 8.08. The highest BCUT2D eigenvalue weighted by Crippen LogP contribution is 2.29. The Morgan fingerprint density at radius 3 is 2.88 bits per heavy atom. The van der Waals surface area contributed by atoms with Gasteiger partial charge in [-0.2, -0.15) is 0 Å². The van der Waals surface area contributed by atoms with Crippen LogP contribution in [0.4, 0.5) is 5.69 Å². The summed E-state index contributed by atoms with van der Waals surface area (Å²) in [7, 11) is 0. The van der Waals surface area contributed by atoms with E-state index in [2.05, 4.69) is 20.8 Å². The number of anilines is 1. The van der Waals surface area contributed by atoms with E-state index in [0.717, 1.165) is 29.5 Å². The number of β-amino-alcohol motifs (C(OH)–C–C–N with tert-alkyl or cyclic N) is 1. The van der Waals surface area contributed by atoms with E-state index in [0.29, 0.717) is 12.1 Å². The summed E-state index contributed by atoms with van der Waals surface area (Å²) in [6, 6.07) is 5.63. The molecule has 2 rings (SSSR count). The molecule has 0 amide bonds. The lowest BCUT2D eigenvalue weighted by Crippen LogP contribution is -2.38. The topological polar surface area (TPSA) is 40.5 Å². The normalized spacial score (nSPS) is 20.4. The molecule has 4 heteroatoms. The monoisotopic (exact) mass is 297 g/mol. The highest BCUT2D eigenvalue weighted by atomic mass is 79.9. The predicted molar refractivity (Wildman–Crippen MR) is 71.6 cm³/mol. The summed E-state index contributed by atoms with van der Waals surface area (Å²) < 4.78 is 0.916. The smallest absolute Gasteiger partial charge is 0.159 e. The molecule has 1 aromatic carbocycles. The number of carbonyl (C=O) groups is 1. The van der Waals surface area contributed by atoms with E-state index < -0.39 is 0 Å². The van der Waals surface area contributed by atoms with Gasteiger partial charge in [0.25, 0.3) is 0 Å². The highest BCUT2D eigenvalue weighted by molar-refractivity contribution is 9.10. The molecule has 1 N–H and O–H groups in total. The van der Waals surface area contributed by atoms with Crippen molar-refractivity contribution in [2.45, 2.75) is 25.9 Å². The third kappa shape index (κ3) is 2.87. The molecule has 0 aromatic heterocycles. The fourth-order valence-corrected chi connectivity index (χ4v) is 2.79. The van der Waals surface area contributed by atoms with Crippen molar-refractivity contribution in [3.8, 4) is 0 Å². The molecular formula is C13H16BrNO2. The average Bonchev–Trinajstić information content (AvgIpc) is 2.28. The highest BCUT2D eigenvalue weighted by Gasteiger charge is 2.19. The zero-order chi connectivity index (χ0) is 12.4. The van der Waals surface area contributed by atoms with Gasteiger partial charge in [-0.15, -0.1) is 0 Å². The Hall–Kier alpha value is -0.870. The molecule has 17 heavy (non-hydrogen) atoms. The van der Waals surface area contributed by atoms with E-state index in [1.54, 1.807) is 6.92 Å². The van der Waals surface area contributed by atoms with Crippen LogP contribution in [0.15, 0.2) is 22.7 Å². The number of ketones is 1. The molecule has 92 valence electrons. The van der Waals surface area contributed by atoms with Crippen LogP contribution in [-0.4, -0.2) is 30.1 Å². The minimum absolute atomic E-state index is 0.0657. The van der Waals surface area contributed by atoms with Crippen LogP contribution >= 0.6 is 15.9 Å². The molecule has 1 fully saturated rings. The largest absolute Gasteiger partial charge is 0.391 e. The second-order valence-electron chi connectivity index (χ2n) is 4.46. The summed E-state index contributed by atoms with van der Waals surface area (Å²) in [6.45, 7) is 3.18. The molecule has 1 saturated heterocycles. The number of hydrogen-bond acceptors (Lipinski definition) is 3. The molecule has 1 heterocycles. The second kappa shape index (κ2) is 5.19. The fourth-order valence-electron chi connectivity index (χ4n) is 2.16. The lowest BCUT2D eigenvalue weighted by molar-refractivity contribution is 0.101. The standard InChI is InChI=1S/C13H16BrNO2/c1-9(16)10-4-5-13(12(14)7-10)15-6-2-3-11(17)8-15/h4-5,7,11,17H,2-3,6,8H2,1H3. The summed E-state index contributed by atoms with van der Waals surface area (Å²) in [5, 5.41) is 9.66.